The first-order valence-corrected chi connectivity index (χ1v) is 9.33. The first kappa shape index (κ1) is 18.7. The maximum atomic E-state index is 13.2. The fourth-order valence-corrected chi connectivity index (χ4v) is 3.57. The van der Waals surface area contributed by atoms with Crippen LogP contribution in [0.2, 0.25) is 0 Å². The van der Waals surface area contributed by atoms with Crippen LogP contribution >= 0.6 is 23.1 Å². The second kappa shape index (κ2) is 8.56. The number of hydrogen-bond donors (Lipinski definition) is 2. The molecule has 0 radical (unpaired) electrons. The number of amides is 1. The Morgan fingerprint density at radius 1 is 1.19 bits per heavy atom. The number of nitro groups is 1. The number of anilines is 3. The fourth-order valence-electron chi connectivity index (χ4n) is 2.00. The number of carbonyl (C=O) groups excluding carboxylic acids is 1. The molecule has 0 aliphatic carbocycles. The second-order valence-corrected chi connectivity index (χ2v) is 7.35. The average molecular weight is 405 g/mol. The topological polar surface area (TPSA) is 110 Å². The van der Waals surface area contributed by atoms with Crippen LogP contribution in [0.15, 0.2) is 52.9 Å². The first-order chi connectivity index (χ1) is 13.0. The van der Waals surface area contributed by atoms with E-state index in [1.165, 1.54) is 59.5 Å². The van der Waals surface area contributed by atoms with Crippen molar-refractivity contribution in [1.82, 2.24) is 10.2 Å². The summed E-state index contributed by atoms with van der Waals surface area (Å²) in [5, 5.41) is 24.6. The van der Waals surface area contributed by atoms with Crippen molar-refractivity contribution in [2.24, 2.45) is 0 Å². The van der Waals surface area contributed by atoms with Gasteiger partial charge < -0.3 is 10.6 Å². The monoisotopic (exact) mass is 405 g/mol. The van der Waals surface area contributed by atoms with Gasteiger partial charge in [-0.15, -0.1) is 10.2 Å². The summed E-state index contributed by atoms with van der Waals surface area (Å²) in [4.78, 5) is 22.1. The Hall–Kier alpha value is -3.05. The summed E-state index contributed by atoms with van der Waals surface area (Å²) in [5.41, 5.74) is 0.977. The molecule has 3 rings (SSSR count). The third kappa shape index (κ3) is 5.46. The van der Waals surface area contributed by atoms with Gasteiger partial charge in [-0.25, -0.2) is 4.39 Å². The lowest BCUT2D eigenvalue weighted by Crippen LogP contribution is -2.13. The summed E-state index contributed by atoms with van der Waals surface area (Å²) < 4.78 is 13.7. The normalized spacial score (nSPS) is 10.4. The number of carbonyl (C=O) groups is 1. The number of nitrogens with zero attached hydrogens (tertiary/aromatic N) is 3. The van der Waals surface area contributed by atoms with Gasteiger partial charge >= 0.3 is 0 Å². The van der Waals surface area contributed by atoms with Crippen molar-refractivity contribution in [3.63, 3.8) is 0 Å². The zero-order valence-corrected chi connectivity index (χ0v) is 15.2. The number of rotatable bonds is 7. The molecule has 1 amide bonds. The number of thioether (sulfide) groups is 1. The van der Waals surface area contributed by atoms with Crippen LogP contribution in [-0.2, 0) is 4.79 Å². The van der Waals surface area contributed by atoms with Crippen molar-refractivity contribution in [1.29, 1.82) is 0 Å². The maximum absolute atomic E-state index is 13.2. The van der Waals surface area contributed by atoms with Crippen LogP contribution in [0.4, 0.5) is 26.6 Å². The minimum atomic E-state index is -0.508. The number of halogens is 1. The molecule has 0 atom stereocenters. The number of nitrogens with one attached hydrogen (secondary N) is 2. The van der Waals surface area contributed by atoms with Gasteiger partial charge in [-0.2, -0.15) is 0 Å². The third-order valence-corrected chi connectivity index (χ3v) is 5.14. The van der Waals surface area contributed by atoms with E-state index in [9.17, 15) is 19.3 Å². The molecule has 3 aromatic rings. The molecule has 0 aliphatic heterocycles. The highest BCUT2D eigenvalue weighted by Crippen LogP contribution is 2.28. The van der Waals surface area contributed by atoms with Gasteiger partial charge in [0.1, 0.15) is 5.82 Å². The van der Waals surface area contributed by atoms with Crippen molar-refractivity contribution in [3.05, 3.63) is 64.5 Å². The minimum absolute atomic E-state index is 0.0467. The van der Waals surface area contributed by atoms with Gasteiger partial charge in [0.25, 0.3) is 5.69 Å². The highest BCUT2D eigenvalue weighted by atomic mass is 32.2. The standard InChI is InChI=1S/C16H12FN5O3S2/c17-10-2-1-3-12(8-10)19-15-20-21-16(27-15)26-9-14(23)18-11-4-6-13(7-5-11)22(24)25/h1-8H,9H2,(H,18,23)(H,19,20). The van der Waals surface area contributed by atoms with Crippen LogP contribution in [0.25, 0.3) is 0 Å². The highest BCUT2D eigenvalue weighted by Gasteiger charge is 2.10. The maximum Gasteiger partial charge on any atom is 0.269 e. The lowest BCUT2D eigenvalue weighted by molar-refractivity contribution is -0.384. The number of nitro benzene ring substituents is 1. The fraction of sp³-hybridized carbons (Fsp3) is 0.0625. The van der Waals surface area contributed by atoms with E-state index in [-0.39, 0.29) is 23.2 Å². The van der Waals surface area contributed by atoms with E-state index < -0.39 is 4.92 Å². The Balaban J connectivity index is 1.50. The summed E-state index contributed by atoms with van der Waals surface area (Å²) in [6.45, 7) is 0. The molecule has 0 fully saturated rings. The quantitative estimate of drug-likeness (QED) is 0.346. The molecule has 8 nitrogen and oxygen atoms in total. The summed E-state index contributed by atoms with van der Waals surface area (Å²) in [7, 11) is 0. The molecule has 11 heteroatoms. The van der Waals surface area contributed by atoms with Crippen molar-refractivity contribution in [2.45, 2.75) is 4.34 Å². The van der Waals surface area contributed by atoms with Gasteiger partial charge in [-0.1, -0.05) is 29.2 Å². The molecule has 2 aromatic carbocycles. The Labute approximate surface area is 161 Å². The third-order valence-electron chi connectivity index (χ3n) is 3.17. The lowest BCUT2D eigenvalue weighted by Gasteiger charge is -2.03. The van der Waals surface area contributed by atoms with E-state index in [1.54, 1.807) is 12.1 Å². The molecule has 0 saturated heterocycles. The average Bonchev–Trinajstić information content (AvgIpc) is 3.08. The van der Waals surface area contributed by atoms with Crippen LogP contribution in [0.5, 0.6) is 0 Å². The van der Waals surface area contributed by atoms with E-state index in [1.807, 2.05) is 0 Å². The molecule has 27 heavy (non-hydrogen) atoms. The summed E-state index contributed by atoms with van der Waals surface area (Å²) in [6, 6.07) is 11.5. The number of hydrogen-bond acceptors (Lipinski definition) is 8. The van der Waals surface area contributed by atoms with Crippen LogP contribution in [0.1, 0.15) is 0 Å². The zero-order chi connectivity index (χ0) is 19.2. The van der Waals surface area contributed by atoms with E-state index in [0.717, 1.165) is 0 Å². The second-order valence-electron chi connectivity index (χ2n) is 5.15. The number of non-ortho nitro benzene ring substituents is 1. The molecule has 1 aromatic heterocycles. The van der Waals surface area contributed by atoms with Crippen molar-refractivity contribution in [3.8, 4) is 0 Å². The molecule has 0 aliphatic rings. The van der Waals surface area contributed by atoms with Crippen LogP contribution in [-0.4, -0.2) is 26.8 Å². The Kier molecular flexibility index (Phi) is 5.94. The molecular weight excluding hydrogens is 393 g/mol. The summed E-state index contributed by atoms with van der Waals surface area (Å²) in [5.74, 6) is -0.531. The zero-order valence-electron chi connectivity index (χ0n) is 13.6. The number of aromatic nitrogens is 2. The SMILES string of the molecule is O=C(CSc1nnc(Nc2cccc(F)c2)s1)Nc1ccc([N+](=O)[O-])cc1. The van der Waals surface area contributed by atoms with Gasteiger partial charge in [-0.05, 0) is 30.3 Å². The van der Waals surface area contributed by atoms with Gasteiger partial charge in [0.05, 0.1) is 10.7 Å². The minimum Gasteiger partial charge on any atom is -0.330 e. The lowest BCUT2D eigenvalue weighted by atomic mass is 10.3. The first-order valence-electron chi connectivity index (χ1n) is 7.53. The predicted molar refractivity (Wildman–Crippen MR) is 102 cm³/mol. The molecular formula is C16H12FN5O3S2. The van der Waals surface area contributed by atoms with Crippen molar-refractivity contribution in [2.75, 3.05) is 16.4 Å². The van der Waals surface area contributed by atoms with Gasteiger partial charge in [0.15, 0.2) is 4.34 Å². The van der Waals surface area contributed by atoms with Crippen LogP contribution < -0.4 is 10.6 Å². The largest absolute Gasteiger partial charge is 0.330 e. The molecule has 0 bridgehead atoms. The van der Waals surface area contributed by atoms with Gasteiger partial charge in [0, 0.05) is 23.5 Å². The van der Waals surface area contributed by atoms with E-state index in [0.29, 0.717) is 20.8 Å². The summed E-state index contributed by atoms with van der Waals surface area (Å²) >= 11 is 2.44. The highest BCUT2D eigenvalue weighted by molar-refractivity contribution is 8.01. The molecule has 0 spiro atoms. The van der Waals surface area contributed by atoms with Crippen LogP contribution in [0, 0.1) is 15.9 Å². The van der Waals surface area contributed by atoms with E-state index in [2.05, 4.69) is 20.8 Å². The number of benzene rings is 2. The molecule has 2 N–H and O–H groups in total. The van der Waals surface area contributed by atoms with Crippen LogP contribution in [0.3, 0.4) is 0 Å². The van der Waals surface area contributed by atoms with Crippen molar-refractivity contribution < 1.29 is 14.1 Å². The molecule has 138 valence electrons. The van der Waals surface area contributed by atoms with Gasteiger partial charge in [0.2, 0.25) is 11.0 Å². The Bertz CT molecular complexity index is 965. The Morgan fingerprint density at radius 3 is 2.67 bits per heavy atom. The predicted octanol–water partition coefficient (Wildman–Crippen LogP) is 4.06. The molecule has 0 saturated carbocycles. The van der Waals surface area contributed by atoms with E-state index >= 15 is 0 Å². The van der Waals surface area contributed by atoms with Crippen molar-refractivity contribution >= 4 is 51.2 Å². The molecule has 1 heterocycles. The van der Waals surface area contributed by atoms with Gasteiger partial charge in [-0.3, -0.25) is 14.9 Å². The smallest absolute Gasteiger partial charge is 0.269 e. The Morgan fingerprint density at radius 2 is 1.96 bits per heavy atom. The molecule has 0 unspecified atom stereocenters. The summed E-state index contributed by atoms with van der Waals surface area (Å²) in [6.07, 6.45) is 0. The van der Waals surface area contributed by atoms with E-state index in [4.69, 9.17) is 0 Å².